The van der Waals surface area contributed by atoms with Crippen molar-refractivity contribution in [1.82, 2.24) is 9.88 Å². The third-order valence-electron chi connectivity index (χ3n) is 5.47. The number of hydrogen-bond donors (Lipinski definition) is 3. The largest absolute Gasteiger partial charge is 0.382 e. The molecule has 1 unspecified atom stereocenters. The molecule has 0 aliphatic carbocycles. The zero-order valence-corrected chi connectivity index (χ0v) is 21.1. The van der Waals surface area contributed by atoms with Gasteiger partial charge in [-0.3, -0.25) is 19.4 Å². The summed E-state index contributed by atoms with van der Waals surface area (Å²) < 4.78 is 0. The fourth-order valence-corrected chi connectivity index (χ4v) is 4.13. The maximum atomic E-state index is 12.9. The molecule has 5 N–H and O–H groups in total. The van der Waals surface area contributed by atoms with Crippen molar-refractivity contribution >= 4 is 40.7 Å². The molecule has 2 amide bonds. The van der Waals surface area contributed by atoms with E-state index in [0.717, 1.165) is 42.3 Å². The summed E-state index contributed by atoms with van der Waals surface area (Å²) in [7, 11) is 1.69. The van der Waals surface area contributed by atoms with Crippen LogP contribution in [0.25, 0.3) is 0 Å². The number of hydrogen-bond acceptors (Lipinski definition) is 7. The first-order valence-electron chi connectivity index (χ1n) is 11.6. The average molecular weight is 499 g/mol. The van der Waals surface area contributed by atoms with Gasteiger partial charge in [-0.15, -0.1) is 0 Å². The van der Waals surface area contributed by atoms with Crippen molar-refractivity contribution in [2.45, 2.75) is 50.7 Å². The van der Waals surface area contributed by atoms with Gasteiger partial charge in [0.25, 0.3) is 0 Å². The first-order chi connectivity index (χ1) is 16.9. The lowest BCUT2D eigenvalue weighted by Crippen LogP contribution is -2.37. The molecule has 9 nitrogen and oxygen atoms in total. The highest BCUT2D eigenvalue weighted by Gasteiger charge is 2.23. The second kappa shape index (κ2) is 14.8. The van der Waals surface area contributed by atoms with Crippen molar-refractivity contribution in [3.05, 3.63) is 59.4 Å². The van der Waals surface area contributed by atoms with Gasteiger partial charge < -0.3 is 21.8 Å². The van der Waals surface area contributed by atoms with Crippen molar-refractivity contribution in [1.29, 1.82) is 0 Å². The number of nitrogens with one attached hydrogen (secondary N) is 1. The van der Waals surface area contributed by atoms with Crippen LogP contribution in [0.1, 0.15) is 49.4 Å². The van der Waals surface area contributed by atoms with E-state index in [1.54, 1.807) is 42.4 Å². The van der Waals surface area contributed by atoms with Crippen molar-refractivity contribution in [3.8, 4) is 0 Å². The second-order valence-electron chi connectivity index (χ2n) is 8.19. The first-order valence-corrected chi connectivity index (χ1v) is 12.5. The normalized spacial score (nSPS) is 12.1. The van der Waals surface area contributed by atoms with Gasteiger partial charge in [0.1, 0.15) is 5.84 Å². The Morgan fingerprint density at radius 3 is 2.54 bits per heavy atom. The van der Waals surface area contributed by atoms with Gasteiger partial charge >= 0.3 is 0 Å². The number of anilines is 1. The lowest BCUT2D eigenvalue weighted by atomic mass is 10.1. The molecule has 1 aromatic carbocycles. The monoisotopic (exact) mass is 498 g/mol. The summed E-state index contributed by atoms with van der Waals surface area (Å²) in [5.41, 5.74) is 9.59. The first kappa shape index (κ1) is 27.8. The van der Waals surface area contributed by atoms with E-state index in [2.05, 4.69) is 22.3 Å². The Balaban J connectivity index is 1.82. The predicted molar refractivity (Wildman–Crippen MR) is 142 cm³/mol. The molecule has 0 bridgehead atoms. The van der Waals surface area contributed by atoms with Crippen LogP contribution >= 0.6 is 11.8 Å². The number of amidine groups is 1. The smallest absolute Gasteiger partial charge is 0.236 e. The number of carbonyl (C=O) groups excluding carboxylic acids is 3. The van der Waals surface area contributed by atoms with Gasteiger partial charge in [0.2, 0.25) is 11.8 Å². The van der Waals surface area contributed by atoms with E-state index in [0.29, 0.717) is 36.3 Å². The molecule has 2 rings (SSSR count). The summed E-state index contributed by atoms with van der Waals surface area (Å²) in [6, 6.07) is 10.8. The number of hydrazone groups is 1. The standard InChI is InChI=1S/C25H34N6O3S/c1-3-4-6-20-11-8-18(16-28-20)15-22(35-17-32)25(34)31(2)14-5-7-23(33)29-21-12-9-19(10-13-21)24(26)30-27/h8-13,16-17,22H,3-7,14-15,27H2,1-2H3,(H2,26,30)(H,29,33). The number of carbonyl (C=O) groups is 3. The number of unbranched alkanes of at least 4 members (excludes halogenated alkanes) is 1. The molecule has 35 heavy (non-hydrogen) atoms. The highest BCUT2D eigenvalue weighted by molar-refractivity contribution is 8.13. The minimum absolute atomic E-state index is 0.146. The summed E-state index contributed by atoms with van der Waals surface area (Å²) in [5, 5.41) is 5.71. The SMILES string of the molecule is CCCCc1ccc(CC(SC=O)C(=O)N(C)CCCC(=O)Nc2ccc(/C(N)=N/N)cc2)cn1. The number of pyridine rings is 1. The Bertz CT molecular complexity index is 995. The Hall–Kier alpha value is -3.40. The van der Waals surface area contributed by atoms with Gasteiger partial charge in [0.05, 0.1) is 5.25 Å². The molecule has 1 heterocycles. The molecule has 0 saturated heterocycles. The maximum Gasteiger partial charge on any atom is 0.236 e. The van der Waals surface area contributed by atoms with Gasteiger partial charge in [-0.25, -0.2) is 0 Å². The van der Waals surface area contributed by atoms with Gasteiger partial charge in [-0.2, -0.15) is 5.10 Å². The molecule has 0 aliphatic heterocycles. The number of nitrogens with two attached hydrogens (primary N) is 2. The van der Waals surface area contributed by atoms with Crippen LogP contribution in [0, 0.1) is 0 Å². The van der Waals surface area contributed by atoms with E-state index in [4.69, 9.17) is 11.6 Å². The lowest BCUT2D eigenvalue weighted by Gasteiger charge is -2.22. The van der Waals surface area contributed by atoms with E-state index >= 15 is 0 Å². The average Bonchev–Trinajstić information content (AvgIpc) is 2.87. The molecule has 0 fully saturated rings. The van der Waals surface area contributed by atoms with Crippen LogP contribution in [-0.4, -0.2) is 52.0 Å². The molecule has 10 heteroatoms. The van der Waals surface area contributed by atoms with E-state index in [9.17, 15) is 14.4 Å². The van der Waals surface area contributed by atoms with E-state index in [-0.39, 0.29) is 24.1 Å². The van der Waals surface area contributed by atoms with E-state index < -0.39 is 5.25 Å². The highest BCUT2D eigenvalue weighted by Crippen LogP contribution is 2.18. The van der Waals surface area contributed by atoms with E-state index in [1.807, 2.05) is 12.1 Å². The molecule has 0 aliphatic rings. The Morgan fingerprint density at radius 1 is 1.20 bits per heavy atom. The fraction of sp³-hybridized carbons (Fsp3) is 0.400. The number of amides is 2. The minimum atomic E-state index is -0.530. The molecule has 1 aromatic heterocycles. The number of rotatable bonds is 14. The molecule has 0 radical (unpaired) electrons. The number of aromatic nitrogens is 1. The number of thioether (sulfide) groups is 1. The topological polar surface area (TPSA) is 144 Å². The van der Waals surface area contributed by atoms with Crippen LogP contribution in [0.2, 0.25) is 0 Å². The van der Waals surface area contributed by atoms with E-state index in [1.165, 1.54) is 0 Å². The third-order valence-corrected chi connectivity index (χ3v) is 6.27. The predicted octanol–water partition coefficient (Wildman–Crippen LogP) is 2.72. The third kappa shape index (κ3) is 9.40. The number of nitrogens with zero attached hydrogens (tertiary/aromatic N) is 3. The minimum Gasteiger partial charge on any atom is -0.382 e. The van der Waals surface area contributed by atoms with Gasteiger partial charge in [-0.05, 0) is 61.6 Å². The quantitative estimate of drug-likeness (QED) is 0.119. The Kier molecular flexibility index (Phi) is 11.8. The molecule has 188 valence electrons. The van der Waals surface area contributed by atoms with Gasteiger partial charge in [0, 0.05) is 43.2 Å². The van der Waals surface area contributed by atoms with Crippen molar-refractivity contribution in [3.63, 3.8) is 0 Å². The summed E-state index contributed by atoms with van der Waals surface area (Å²) in [5.74, 6) is 5.07. The fourth-order valence-electron chi connectivity index (χ4n) is 3.41. The summed E-state index contributed by atoms with van der Waals surface area (Å²) in [6.07, 6.45) is 6.07. The molecule has 1 atom stereocenters. The molecule has 0 spiro atoms. The summed E-state index contributed by atoms with van der Waals surface area (Å²) in [4.78, 5) is 42.4. The van der Waals surface area contributed by atoms with Crippen LogP contribution in [0.5, 0.6) is 0 Å². The van der Waals surface area contributed by atoms with Crippen LogP contribution in [0.3, 0.4) is 0 Å². The Morgan fingerprint density at radius 2 is 1.94 bits per heavy atom. The molecular weight excluding hydrogens is 464 g/mol. The molecule has 0 saturated carbocycles. The highest BCUT2D eigenvalue weighted by atomic mass is 32.2. The van der Waals surface area contributed by atoms with Crippen molar-refractivity contribution in [2.24, 2.45) is 16.7 Å². The van der Waals surface area contributed by atoms with Crippen LogP contribution < -0.4 is 16.9 Å². The number of aryl methyl sites for hydroxylation is 1. The maximum absolute atomic E-state index is 12.9. The summed E-state index contributed by atoms with van der Waals surface area (Å²) in [6.45, 7) is 2.54. The zero-order chi connectivity index (χ0) is 25.6. The van der Waals surface area contributed by atoms with Crippen LogP contribution in [0.15, 0.2) is 47.7 Å². The van der Waals surface area contributed by atoms with Crippen LogP contribution in [-0.2, 0) is 27.2 Å². The van der Waals surface area contributed by atoms with Crippen molar-refractivity contribution < 1.29 is 14.4 Å². The van der Waals surface area contributed by atoms with Gasteiger partial charge in [-0.1, -0.05) is 31.2 Å². The Labute approximate surface area is 210 Å². The lowest BCUT2D eigenvalue weighted by molar-refractivity contribution is -0.129. The number of benzene rings is 1. The molecular formula is C25H34N6O3S. The second-order valence-corrected chi connectivity index (χ2v) is 9.22. The summed E-state index contributed by atoms with van der Waals surface area (Å²) >= 11 is 0.968. The zero-order valence-electron chi connectivity index (χ0n) is 20.3. The van der Waals surface area contributed by atoms with Gasteiger partial charge in [0.15, 0.2) is 5.62 Å². The van der Waals surface area contributed by atoms with Crippen molar-refractivity contribution in [2.75, 3.05) is 18.9 Å². The van der Waals surface area contributed by atoms with Crippen LogP contribution in [0.4, 0.5) is 5.69 Å². The molecule has 2 aromatic rings.